The van der Waals surface area contributed by atoms with Crippen LogP contribution in [0.4, 0.5) is 5.69 Å². The zero-order chi connectivity index (χ0) is 11.3. The minimum atomic E-state index is -0.722. The molecule has 0 saturated carbocycles. The number of benzene rings is 1. The van der Waals surface area contributed by atoms with Crippen molar-refractivity contribution in [2.24, 2.45) is 0 Å². The summed E-state index contributed by atoms with van der Waals surface area (Å²) in [6, 6.07) is 5.47. The van der Waals surface area contributed by atoms with Crippen LogP contribution in [-0.2, 0) is 0 Å². The van der Waals surface area contributed by atoms with Crippen LogP contribution < -0.4 is 10.5 Å². The van der Waals surface area contributed by atoms with Gasteiger partial charge in [-0.25, -0.2) is 0 Å². The summed E-state index contributed by atoms with van der Waals surface area (Å²) >= 11 is 1.39. The number of rotatable bonds is 5. The highest BCUT2D eigenvalue weighted by Crippen LogP contribution is 2.32. The molecule has 0 aliphatic carbocycles. The molecule has 4 N–H and O–H groups in total. The van der Waals surface area contributed by atoms with Crippen molar-refractivity contribution in [2.75, 3.05) is 25.2 Å². The summed E-state index contributed by atoms with van der Waals surface area (Å²) in [6.45, 7) is -0.239. The average Bonchev–Trinajstić information content (AvgIpc) is 2.27. The number of para-hydroxylation sites is 1. The maximum Gasteiger partial charge on any atom is 0.142 e. The normalized spacial score (nSPS) is 12.5. The van der Waals surface area contributed by atoms with E-state index in [4.69, 9.17) is 15.6 Å². The molecule has 0 heterocycles. The van der Waals surface area contributed by atoms with Crippen LogP contribution >= 0.6 is 11.8 Å². The lowest BCUT2D eigenvalue weighted by atomic mass is 10.3. The van der Waals surface area contributed by atoms with Crippen molar-refractivity contribution in [1.82, 2.24) is 0 Å². The zero-order valence-corrected chi connectivity index (χ0v) is 9.33. The lowest BCUT2D eigenvalue weighted by Gasteiger charge is -2.11. The first-order valence-corrected chi connectivity index (χ1v) is 5.51. The monoisotopic (exact) mass is 229 g/mol. The second-order valence-corrected chi connectivity index (χ2v) is 4.08. The molecule has 84 valence electrons. The smallest absolute Gasteiger partial charge is 0.142 e. The lowest BCUT2D eigenvalue weighted by molar-refractivity contribution is 0.113. The van der Waals surface area contributed by atoms with Crippen LogP contribution in [0.25, 0.3) is 0 Å². The number of aliphatic hydroxyl groups excluding tert-OH is 2. The van der Waals surface area contributed by atoms with E-state index in [1.165, 1.54) is 11.8 Å². The number of anilines is 1. The van der Waals surface area contributed by atoms with Gasteiger partial charge in [0.1, 0.15) is 5.75 Å². The molecular formula is C10H15NO3S. The Morgan fingerprint density at radius 1 is 1.53 bits per heavy atom. The van der Waals surface area contributed by atoms with E-state index in [2.05, 4.69) is 0 Å². The summed E-state index contributed by atoms with van der Waals surface area (Å²) < 4.78 is 5.07. The molecule has 0 saturated heterocycles. The summed E-state index contributed by atoms with van der Waals surface area (Å²) in [5.74, 6) is 1.03. The van der Waals surface area contributed by atoms with Gasteiger partial charge < -0.3 is 20.7 Å². The molecule has 15 heavy (non-hydrogen) atoms. The van der Waals surface area contributed by atoms with Gasteiger partial charge in [0.25, 0.3) is 0 Å². The Morgan fingerprint density at radius 3 is 2.87 bits per heavy atom. The van der Waals surface area contributed by atoms with Gasteiger partial charge in [-0.2, -0.15) is 0 Å². The van der Waals surface area contributed by atoms with Gasteiger partial charge in [0.05, 0.1) is 25.5 Å². The number of nitrogens with two attached hydrogens (primary N) is 1. The zero-order valence-electron chi connectivity index (χ0n) is 8.51. The Labute approximate surface area is 93.1 Å². The van der Waals surface area contributed by atoms with Crippen molar-refractivity contribution in [3.05, 3.63) is 18.2 Å². The summed E-state index contributed by atoms with van der Waals surface area (Å²) in [6.07, 6.45) is -0.722. The molecule has 0 spiro atoms. The highest BCUT2D eigenvalue weighted by molar-refractivity contribution is 7.99. The minimum absolute atomic E-state index is 0.239. The quantitative estimate of drug-likeness (QED) is 0.512. The first kappa shape index (κ1) is 12.2. The molecule has 0 radical (unpaired) electrons. The maximum absolute atomic E-state index is 9.19. The predicted molar refractivity (Wildman–Crippen MR) is 61.2 cm³/mol. The lowest BCUT2D eigenvalue weighted by Crippen LogP contribution is -2.14. The molecular weight excluding hydrogens is 214 g/mol. The van der Waals surface area contributed by atoms with E-state index in [-0.39, 0.29) is 6.61 Å². The van der Waals surface area contributed by atoms with Crippen LogP contribution in [0.2, 0.25) is 0 Å². The molecule has 4 nitrogen and oxygen atoms in total. The van der Waals surface area contributed by atoms with Crippen LogP contribution in [0.3, 0.4) is 0 Å². The molecule has 5 heteroatoms. The van der Waals surface area contributed by atoms with E-state index in [0.29, 0.717) is 17.2 Å². The van der Waals surface area contributed by atoms with Crippen molar-refractivity contribution in [1.29, 1.82) is 0 Å². The molecule has 1 aromatic rings. The van der Waals surface area contributed by atoms with E-state index < -0.39 is 6.10 Å². The van der Waals surface area contributed by atoms with Gasteiger partial charge in [0.15, 0.2) is 0 Å². The number of ether oxygens (including phenoxy) is 1. The van der Waals surface area contributed by atoms with Gasteiger partial charge >= 0.3 is 0 Å². The summed E-state index contributed by atoms with van der Waals surface area (Å²) in [7, 11) is 1.56. The molecule has 1 rings (SSSR count). The van der Waals surface area contributed by atoms with Gasteiger partial charge in [-0.1, -0.05) is 6.07 Å². The van der Waals surface area contributed by atoms with Crippen molar-refractivity contribution in [3.63, 3.8) is 0 Å². The number of nitrogen functional groups attached to an aromatic ring is 1. The topological polar surface area (TPSA) is 75.7 Å². The fraction of sp³-hybridized carbons (Fsp3) is 0.400. The SMILES string of the molecule is COc1cccc(SCC(O)CO)c1N. The van der Waals surface area contributed by atoms with E-state index in [0.717, 1.165) is 4.90 Å². The maximum atomic E-state index is 9.19. The number of methoxy groups -OCH3 is 1. The Balaban J connectivity index is 2.68. The minimum Gasteiger partial charge on any atom is -0.495 e. The van der Waals surface area contributed by atoms with Crippen LogP contribution in [0.15, 0.2) is 23.1 Å². The van der Waals surface area contributed by atoms with Gasteiger partial charge in [-0.3, -0.25) is 0 Å². The molecule has 1 unspecified atom stereocenters. The fourth-order valence-electron chi connectivity index (χ4n) is 1.07. The Morgan fingerprint density at radius 2 is 2.27 bits per heavy atom. The molecule has 1 aromatic carbocycles. The molecule has 0 aliphatic heterocycles. The highest BCUT2D eigenvalue weighted by atomic mass is 32.2. The fourth-order valence-corrected chi connectivity index (χ4v) is 1.97. The van der Waals surface area contributed by atoms with Crippen molar-refractivity contribution in [2.45, 2.75) is 11.0 Å². The third-order valence-electron chi connectivity index (χ3n) is 1.89. The van der Waals surface area contributed by atoms with Crippen LogP contribution in [0, 0.1) is 0 Å². The van der Waals surface area contributed by atoms with Crippen LogP contribution in [-0.4, -0.2) is 35.8 Å². The van der Waals surface area contributed by atoms with E-state index in [1.807, 2.05) is 12.1 Å². The summed E-state index contributed by atoms with van der Waals surface area (Å²) in [4.78, 5) is 0.849. The van der Waals surface area contributed by atoms with Gasteiger partial charge in [-0.05, 0) is 12.1 Å². The molecule has 0 aromatic heterocycles. The van der Waals surface area contributed by atoms with Gasteiger partial charge in [-0.15, -0.1) is 11.8 Å². The molecule has 0 aliphatic rings. The molecule has 0 fully saturated rings. The Bertz CT molecular complexity index is 320. The van der Waals surface area contributed by atoms with E-state index in [9.17, 15) is 5.11 Å². The molecule has 1 atom stereocenters. The van der Waals surface area contributed by atoms with E-state index >= 15 is 0 Å². The van der Waals surface area contributed by atoms with Crippen LogP contribution in [0.1, 0.15) is 0 Å². The van der Waals surface area contributed by atoms with Crippen molar-refractivity contribution in [3.8, 4) is 5.75 Å². The number of hydrogen-bond donors (Lipinski definition) is 3. The number of aliphatic hydroxyl groups is 2. The van der Waals surface area contributed by atoms with Gasteiger partial charge in [0.2, 0.25) is 0 Å². The average molecular weight is 229 g/mol. The first-order valence-electron chi connectivity index (χ1n) is 4.53. The molecule has 0 amide bonds. The Kier molecular flexibility index (Phi) is 4.74. The van der Waals surface area contributed by atoms with E-state index in [1.54, 1.807) is 13.2 Å². The summed E-state index contributed by atoms with van der Waals surface area (Å²) in [5, 5.41) is 17.9. The second-order valence-electron chi connectivity index (χ2n) is 3.02. The standard InChI is InChI=1S/C10H15NO3S/c1-14-8-3-2-4-9(10(8)11)15-6-7(13)5-12/h2-4,7,12-13H,5-6,11H2,1H3. The molecule has 0 bridgehead atoms. The number of hydrogen-bond acceptors (Lipinski definition) is 5. The Hall–Kier alpha value is -0.910. The first-order chi connectivity index (χ1) is 7.19. The largest absolute Gasteiger partial charge is 0.495 e. The third-order valence-corrected chi connectivity index (χ3v) is 3.11. The second kappa shape index (κ2) is 5.85. The third kappa shape index (κ3) is 3.30. The highest BCUT2D eigenvalue weighted by Gasteiger charge is 2.08. The van der Waals surface area contributed by atoms with Crippen molar-refractivity contribution >= 4 is 17.4 Å². The summed E-state index contributed by atoms with van der Waals surface area (Å²) in [5.41, 5.74) is 6.40. The number of thioether (sulfide) groups is 1. The van der Waals surface area contributed by atoms with Crippen LogP contribution in [0.5, 0.6) is 5.75 Å². The predicted octanol–water partition coefficient (Wildman–Crippen LogP) is 0.723. The van der Waals surface area contributed by atoms with Crippen molar-refractivity contribution < 1.29 is 14.9 Å². The van der Waals surface area contributed by atoms with Gasteiger partial charge in [0, 0.05) is 10.6 Å².